The molecule has 1 aliphatic rings. The van der Waals surface area contributed by atoms with Crippen LogP contribution in [0.3, 0.4) is 0 Å². The van der Waals surface area contributed by atoms with Gasteiger partial charge in [0, 0.05) is 13.1 Å². The van der Waals surface area contributed by atoms with E-state index in [9.17, 15) is 9.90 Å². The van der Waals surface area contributed by atoms with Crippen LogP contribution in [0.2, 0.25) is 0 Å². The number of amides is 2. The Balaban J connectivity index is 1.73. The van der Waals surface area contributed by atoms with Gasteiger partial charge in [0.2, 0.25) is 0 Å². The minimum atomic E-state index is -0.744. The van der Waals surface area contributed by atoms with Gasteiger partial charge in [0.15, 0.2) is 0 Å². The number of ether oxygens (including phenoxy) is 1. The largest absolute Gasteiger partial charge is 0.497 e. The lowest BCUT2D eigenvalue weighted by atomic mass is 10.0. The van der Waals surface area contributed by atoms with Crippen molar-refractivity contribution in [2.45, 2.75) is 38.7 Å². The van der Waals surface area contributed by atoms with Gasteiger partial charge in [0.1, 0.15) is 5.75 Å². The van der Waals surface area contributed by atoms with E-state index in [1.807, 2.05) is 18.2 Å². The summed E-state index contributed by atoms with van der Waals surface area (Å²) in [5.74, 6) is 0.691. The first-order valence-electron chi connectivity index (χ1n) is 7.92. The van der Waals surface area contributed by atoms with Gasteiger partial charge in [0.25, 0.3) is 0 Å². The third kappa shape index (κ3) is 4.63. The standard InChI is InChI=1S/C17H26N2O3/c1-3-7-17(8-9-17)12-19-16(21)18-11-15(20)13-5-4-6-14(10-13)22-2/h4-6,10,15,20H,3,7-9,11-12H2,1-2H3,(H2,18,19,21). The highest BCUT2D eigenvalue weighted by Crippen LogP contribution is 2.48. The molecule has 5 nitrogen and oxygen atoms in total. The predicted molar refractivity (Wildman–Crippen MR) is 85.9 cm³/mol. The molecular formula is C17H26N2O3. The number of benzene rings is 1. The molecule has 1 aliphatic carbocycles. The minimum Gasteiger partial charge on any atom is -0.497 e. The third-order valence-corrected chi connectivity index (χ3v) is 4.30. The summed E-state index contributed by atoms with van der Waals surface area (Å²) in [4.78, 5) is 11.8. The summed E-state index contributed by atoms with van der Waals surface area (Å²) in [6.07, 6.45) is 3.98. The summed E-state index contributed by atoms with van der Waals surface area (Å²) in [7, 11) is 1.58. The van der Waals surface area contributed by atoms with Gasteiger partial charge in [-0.05, 0) is 42.4 Å². The second-order valence-corrected chi connectivity index (χ2v) is 6.11. The highest BCUT2D eigenvalue weighted by Gasteiger charge is 2.41. The maximum Gasteiger partial charge on any atom is 0.314 e. The van der Waals surface area contributed by atoms with Crippen LogP contribution in [0.25, 0.3) is 0 Å². The first-order chi connectivity index (χ1) is 10.6. The van der Waals surface area contributed by atoms with Crippen LogP contribution in [0.5, 0.6) is 5.75 Å². The van der Waals surface area contributed by atoms with Gasteiger partial charge in [-0.15, -0.1) is 0 Å². The van der Waals surface area contributed by atoms with Crippen LogP contribution in [0.4, 0.5) is 4.79 Å². The molecule has 0 saturated heterocycles. The lowest BCUT2D eigenvalue weighted by Gasteiger charge is -2.17. The van der Waals surface area contributed by atoms with Gasteiger partial charge in [-0.2, -0.15) is 0 Å². The number of aliphatic hydroxyl groups excluding tert-OH is 1. The predicted octanol–water partition coefficient (Wildman–Crippen LogP) is 2.61. The zero-order chi connectivity index (χ0) is 16.0. The van der Waals surface area contributed by atoms with Crippen LogP contribution >= 0.6 is 0 Å². The summed E-state index contributed by atoms with van der Waals surface area (Å²) in [6.45, 7) is 3.08. The molecule has 0 radical (unpaired) electrons. The van der Waals surface area contributed by atoms with E-state index in [2.05, 4.69) is 17.6 Å². The average Bonchev–Trinajstić information content (AvgIpc) is 3.31. The molecule has 0 heterocycles. The van der Waals surface area contributed by atoms with Crippen molar-refractivity contribution in [2.24, 2.45) is 5.41 Å². The molecule has 0 aliphatic heterocycles. The van der Waals surface area contributed by atoms with Crippen LogP contribution in [-0.4, -0.2) is 31.3 Å². The number of hydrogen-bond donors (Lipinski definition) is 3. The normalized spacial score (nSPS) is 16.7. The van der Waals surface area contributed by atoms with Gasteiger partial charge in [-0.25, -0.2) is 4.79 Å². The highest BCUT2D eigenvalue weighted by atomic mass is 16.5. The van der Waals surface area contributed by atoms with Crippen LogP contribution in [0, 0.1) is 5.41 Å². The van der Waals surface area contributed by atoms with Crippen LogP contribution in [0.1, 0.15) is 44.3 Å². The van der Waals surface area contributed by atoms with Crippen molar-refractivity contribution in [2.75, 3.05) is 20.2 Å². The van der Waals surface area contributed by atoms with Gasteiger partial charge >= 0.3 is 6.03 Å². The Hall–Kier alpha value is -1.75. The fraction of sp³-hybridized carbons (Fsp3) is 0.588. The number of urea groups is 1. The Morgan fingerprint density at radius 3 is 2.82 bits per heavy atom. The summed E-state index contributed by atoms with van der Waals surface area (Å²) >= 11 is 0. The smallest absolute Gasteiger partial charge is 0.314 e. The quantitative estimate of drug-likeness (QED) is 0.691. The molecule has 3 N–H and O–H groups in total. The lowest BCUT2D eigenvalue weighted by molar-refractivity contribution is 0.172. The molecule has 122 valence electrons. The number of methoxy groups -OCH3 is 1. The molecule has 1 unspecified atom stereocenters. The fourth-order valence-corrected chi connectivity index (χ4v) is 2.71. The van der Waals surface area contributed by atoms with Crippen molar-refractivity contribution in [3.8, 4) is 5.75 Å². The van der Waals surface area contributed by atoms with Crippen LogP contribution in [-0.2, 0) is 0 Å². The number of hydrogen-bond acceptors (Lipinski definition) is 3. The van der Waals surface area contributed by atoms with Gasteiger partial charge in [-0.1, -0.05) is 25.5 Å². The van der Waals surface area contributed by atoms with Crippen molar-refractivity contribution < 1.29 is 14.6 Å². The van der Waals surface area contributed by atoms with E-state index >= 15 is 0 Å². The number of aliphatic hydroxyl groups is 1. The lowest BCUT2D eigenvalue weighted by Crippen LogP contribution is -2.40. The number of carbonyl (C=O) groups is 1. The van der Waals surface area contributed by atoms with Crippen molar-refractivity contribution in [1.82, 2.24) is 10.6 Å². The molecule has 1 aromatic carbocycles. The minimum absolute atomic E-state index is 0.180. The molecule has 0 aromatic heterocycles. The Morgan fingerprint density at radius 1 is 1.41 bits per heavy atom. The second-order valence-electron chi connectivity index (χ2n) is 6.11. The first kappa shape index (κ1) is 16.6. The topological polar surface area (TPSA) is 70.6 Å². The molecule has 22 heavy (non-hydrogen) atoms. The van der Waals surface area contributed by atoms with Crippen molar-refractivity contribution in [3.63, 3.8) is 0 Å². The van der Waals surface area contributed by atoms with E-state index in [1.165, 1.54) is 19.3 Å². The molecule has 1 aromatic rings. The van der Waals surface area contributed by atoms with Crippen LogP contribution < -0.4 is 15.4 Å². The van der Waals surface area contributed by atoms with E-state index in [4.69, 9.17) is 4.74 Å². The first-order valence-corrected chi connectivity index (χ1v) is 7.92. The van der Waals surface area contributed by atoms with Gasteiger partial charge in [0.05, 0.1) is 13.2 Å². The molecule has 1 saturated carbocycles. The number of nitrogens with one attached hydrogen (secondary N) is 2. The summed E-state index contributed by atoms with van der Waals surface area (Å²) in [5, 5.41) is 15.7. The SMILES string of the molecule is CCCC1(CNC(=O)NCC(O)c2cccc(OC)c2)CC1. The van der Waals surface area contributed by atoms with Crippen molar-refractivity contribution >= 4 is 6.03 Å². The Kier molecular flexibility index (Phi) is 5.66. The monoisotopic (exact) mass is 306 g/mol. The van der Waals surface area contributed by atoms with E-state index in [0.717, 1.165) is 18.5 Å². The zero-order valence-electron chi connectivity index (χ0n) is 13.4. The van der Waals surface area contributed by atoms with E-state index in [-0.39, 0.29) is 12.6 Å². The van der Waals surface area contributed by atoms with E-state index < -0.39 is 6.10 Å². The molecule has 1 fully saturated rings. The van der Waals surface area contributed by atoms with Crippen molar-refractivity contribution in [1.29, 1.82) is 0 Å². The second kappa shape index (κ2) is 7.49. The average molecular weight is 306 g/mol. The molecule has 5 heteroatoms. The molecule has 2 rings (SSSR count). The van der Waals surface area contributed by atoms with Gasteiger partial charge in [-0.3, -0.25) is 0 Å². The van der Waals surface area contributed by atoms with E-state index in [1.54, 1.807) is 13.2 Å². The maximum absolute atomic E-state index is 11.8. The molecular weight excluding hydrogens is 280 g/mol. The summed E-state index contributed by atoms with van der Waals surface area (Å²) < 4.78 is 5.13. The van der Waals surface area contributed by atoms with Gasteiger partial charge < -0.3 is 20.5 Å². The summed E-state index contributed by atoms with van der Waals surface area (Å²) in [5.41, 5.74) is 1.06. The number of rotatable bonds is 8. The van der Waals surface area contributed by atoms with E-state index in [0.29, 0.717) is 11.2 Å². The number of carbonyl (C=O) groups excluding carboxylic acids is 1. The molecule has 0 spiro atoms. The molecule has 2 amide bonds. The summed E-state index contributed by atoms with van der Waals surface area (Å²) in [6, 6.07) is 7.00. The molecule has 0 bridgehead atoms. The fourth-order valence-electron chi connectivity index (χ4n) is 2.71. The third-order valence-electron chi connectivity index (χ3n) is 4.30. The Morgan fingerprint density at radius 2 is 2.18 bits per heavy atom. The van der Waals surface area contributed by atoms with Crippen molar-refractivity contribution in [3.05, 3.63) is 29.8 Å². The molecule has 1 atom stereocenters. The maximum atomic E-state index is 11.8. The van der Waals surface area contributed by atoms with Crippen LogP contribution in [0.15, 0.2) is 24.3 Å². The Bertz CT molecular complexity index is 500. The highest BCUT2D eigenvalue weighted by molar-refractivity contribution is 5.73. The zero-order valence-corrected chi connectivity index (χ0v) is 13.4. The Labute approximate surface area is 132 Å².